The Bertz CT molecular complexity index is 514. The average Bonchev–Trinajstić information content (AvgIpc) is 2.38. The Labute approximate surface area is 124 Å². The van der Waals surface area contributed by atoms with E-state index in [-0.39, 0.29) is 17.5 Å². The summed E-state index contributed by atoms with van der Waals surface area (Å²) in [6.45, 7) is 3.76. The third kappa shape index (κ3) is 5.24. The first-order valence-corrected chi connectivity index (χ1v) is 9.14. The Morgan fingerprint density at radius 3 is 2.63 bits per heavy atom. The molecule has 0 aliphatic rings. The summed E-state index contributed by atoms with van der Waals surface area (Å²) in [5.74, 6) is 0.497. The van der Waals surface area contributed by atoms with Crippen LogP contribution in [-0.2, 0) is 9.84 Å². The highest BCUT2D eigenvalue weighted by atomic mass is 79.9. The molecule has 5 heteroatoms. The zero-order chi connectivity index (χ0) is 14.5. The maximum absolute atomic E-state index is 11.5. The number of sulfone groups is 1. The van der Waals surface area contributed by atoms with Crippen LogP contribution in [0.5, 0.6) is 0 Å². The third-order valence-electron chi connectivity index (χ3n) is 3.26. The fraction of sp³-hybridized carbons (Fsp3) is 0.571. The minimum absolute atomic E-state index is 0.182. The minimum Gasteiger partial charge on any atom is -0.313 e. The Hall–Kier alpha value is -0.390. The van der Waals surface area contributed by atoms with Gasteiger partial charge in [-0.1, -0.05) is 40.5 Å². The second-order valence-electron chi connectivity index (χ2n) is 4.74. The van der Waals surface area contributed by atoms with Crippen LogP contribution >= 0.6 is 15.9 Å². The summed E-state index contributed by atoms with van der Waals surface area (Å²) in [7, 11) is -0.953. The van der Waals surface area contributed by atoms with Crippen molar-refractivity contribution in [3.05, 3.63) is 33.8 Å². The molecular formula is C14H22BrNO2S. The molecule has 1 aromatic rings. The quantitative estimate of drug-likeness (QED) is 0.823. The second kappa shape index (κ2) is 7.41. The van der Waals surface area contributed by atoms with Gasteiger partial charge in [0, 0.05) is 16.3 Å². The van der Waals surface area contributed by atoms with Crippen molar-refractivity contribution < 1.29 is 8.42 Å². The van der Waals surface area contributed by atoms with Crippen LogP contribution in [0.25, 0.3) is 0 Å². The van der Waals surface area contributed by atoms with Gasteiger partial charge in [-0.15, -0.1) is 0 Å². The van der Waals surface area contributed by atoms with E-state index in [0.717, 1.165) is 10.9 Å². The standard InChI is InChI=1S/C14H22BrNO2S/c1-4-19(17,18)9-5-6-14(16-3)12-10-11(2)7-8-13(12)15/h7-8,10,14,16H,4-6,9H2,1-3H3. The van der Waals surface area contributed by atoms with E-state index >= 15 is 0 Å². The SMILES string of the molecule is CCS(=O)(=O)CCCC(NC)c1cc(C)ccc1Br. The van der Waals surface area contributed by atoms with Gasteiger partial charge in [0.1, 0.15) is 9.84 Å². The van der Waals surface area contributed by atoms with Crippen molar-refractivity contribution in [1.82, 2.24) is 5.32 Å². The third-order valence-corrected chi connectivity index (χ3v) is 5.78. The smallest absolute Gasteiger partial charge is 0.150 e. The molecule has 1 aromatic carbocycles. The van der Waals surface area contributed by atoms with Crippen LogP contribution in [0.3, 0.4) is 0 Å². The van der Waals surface area contributed by atoms with Crippen LogP contribution in [0, 0.1) is 6.92 Å². The Morgan fingerprint density at radius 2 is 2.05 bits per heavy atom. The Kier molecular flexibility index (Phi) is 6.50. The van der Waals surface area contributed by atoms with E-state index in [0.29, 0.717) is 6.42 Å². The lowest BCUT2D eigenvalue weighted by Crippen LogP contribution is -2.19. The van der Waals surface area contributed by atoms with Crippen molar-refractivity contribution >= 4 is 25.8 Å². The molecule has 0 amide bonds. The number of rotatable bonds is 7. The van der Waals surface area contributed by atoms with E-state index in [4.69, 9.17) is 0 Å². The predicted molar refractivity (Wildman–Crippen MR) is 84.2 cm³/mol. The van der Waals surface area contributed by atoms with Crippen LogP contribution in [-0.4, -0.2) is 27.0 Å². The molecule has 0 aliphatic carbocycles. The van der Waals surface area contributed by atoms with Gasteiger partial charge in [0.05, 0.1) is 5.75 Å². The van der Waals surface area contributed by atoms with E-state index in [1.165, 1.54) is 11.1 Å². The molecule has 1 rings (SSSR count). The molecule has 1 unspecified atom stereocenters. The van der Waals surface area contributed by atoms with Crippen molar-refractivity contribution in [3.63, 3.8) is 0 Å². The summed E-state index contributed by atoms with van der Waals surface area (Å²) in [4.78, 5) is 0. The molecule has 0 saturated heterocycles. The number of hydrogen-bond donors (Lipinski definition) is 1. The zero-order valence-electron chi connectivity index (χ0n) is 11.7. The fourth-order valence-electron chi connectivity index (χ4n) is 2.04. The molecule has 0 radical (unpaired) electrons. The van der Waals surface area contributed by atoms with Crippen molar-refractivity contribution in [2.45, 2.75) is 32.7 Å². The highest BCUT2D eigenvalue weighted by Gasteiger charge is 2.14. The molecule has 1 N–H and O–H groups in total. The normalized spacial score (nSPS) is 13.5. The van der Waals surface area contributed by atoms with Crippen molar-refractivity contribution in [3.8, 4) is 0 Å². The van der Waals surface area contributed by atoms with Crippen LogP contribution < -0.4 is 5.32 Å². The molecule has 0 spiro atoms. The van der Waals surface area contributed by atoms with E-state index in [1.807, 2.05) is 13.1 Å². The van der Waals surface area contributed by atoms with Gasteiger partial charge in [-0.05, 0) is 38.4 Å². The summed E-state index contributed by atoms with van der Waals surface area (Å²) >= 11 is 3.56. The van der Waals surface area contributed by atoms with Crippen molar-refractivity contribution in [1.29, 1.82) is 0 Å². The van der Waals surface area contributed by atoms with E-state index in [9.17, 15) is 8.42 Å². The summed E-state index contributed by atoms with van der Waals surface area (Å²) in [5.41, 5.74) is 2.40. The lowest BCUT2D eigenvalue weighted by molar-refractivity contribution is 0.533. The van der Waals surface area contributed by atoms with Gasteiger partial charge in [0.15, 0.2) is 0 Å². The maximum atomic E-state index is 11.5. The number of hydrogen-bond acceptors (Lipinski definition) is 3. The Balaban J connectivity index is 2.71. The topological polar surface area (TPSA) is 46.2 Å². The summed E-state index contributed by atoms with van der Waals surface area (Å²) in [5, 5.41) is 3.27. The highest BCUT2D eigenvalue weighted by Crippen LogP contribution is 2.27. The van der Waals surface area contributed by atoms with E-state index < -0.39 is 9.84 Å². The number of halogens is 1. The van der Waals surface area contributed by atoms with Crippen LogP contribution in [0.2, 0.25) is 0 Å². The summed E-state index contributed by atoms with van der Waals surface area (Å²) in [6.07, 6.45) is 1.50. The lowest BCUT2D eigenvalue weighted by atomic mass is 10.0. The summed E-state index contributed by atoms with van der Waals surface area (Å²) in [6, 6.07) is 6.42. The molecule has 0 bridgehead atoms. The zero-order valence-corrected chi connectivity index (χ0v) is 14.1. The second-order valence-corrected chi connectivity index (χ2v) is 8.07. The van der Waals surface area contributed by atoms with Gasteiger partial charge in [-0.25, -0.2) is 8.42 Å². The first-order chi connectivity index (χ1) is 8.89. The molecule has 19 heavy (non-hydrogen) atoms. The lowest BCUT2D eigenvalue weighted by Gasteiger charge is -2.18. The molecule has 0 saturated carbocycles. The predicted octanol–water partition coefficient (Wildman–Crippen LogP) is 3.23. The first kappa shape index (κ1) is 16.7. The van der Waals surface area contributed by atoms with E-state index in [2.05, 4.69) is 40.3 Å². The van der Waals surface area contributed by atoms with Gasteiger partial charge in [0.25, 0.3) is 0 Å². The number of aryl methyl sites for hydroxylation is 1. The van der Waals surface area contributed by atoms with Crippen LogP contribution in [0.4, 0.5) is 0 Å². The monoisotopic (exact) mass is 347 g/mol. The molecule has 1 atom stereocenters. The average molecular weight is 348 g/mol. The molecule has 0 fully saturated rings. The van der Waals surface area contributed by atoms with Gasteiger partial charge in [-0.3, -0.25) is 0 Å². The van der Waals surface area contributed by atoms with Gasteiger partial charge < -0.3 is 5.32 Å². The molecule has 0 heterocycles. The fourth-order valence-corrected chi connectivity index (χ4v) is 3.46. The van der Waals surface area contributed by atoms with Crippen molar-refractivity contribution in [2.24, 2.45) is 0 Å². The maximum Gasteiger partial charge on any atom is 0.150 e. The van der Waals surface area contributed by atoms with Crippen molar-refractivity contribution in [2.75, 3.05) is 18.6 Å². The summed E-state index contributed by atoms with van der Waals surface area (Å²) < 4.78 is 24.1. The molecule has 0 aliphatic heterocycles. The first-order valence-electron chi connectivity index (χ1n) is 6.53. The van der Waals surface area contributed by atoms with Gasteiger partial charge in [0.2, 0.25) is 0 Å². The van der Waals surface area contributed by atoms with E-state index in [1.54, 1.807) is 6.92 Å². The molecule has 3 nitrogen and oxygen atoms in total. The molecular weight excluding hydrogens is 326 g/mol. The van der Waals surface area contributed by atoms with Crippen LogP contribution in [0.15, 0.2) is 22.7 Å². The number of benzene rings is 1. The molecule has 108 valence electrons. The highest BCUT2D eigenvalue weighted by molar-refractivity contribution is 9.10. The number of nitrogens with one attached hydrogen (secondary N) is 1. The Morgan fingerprint density at radius 1 is 1.37 bits per heavy atom. The largest absolute Gasteiger partial charge is 0.313 e. The van der Waals surface area contributed by atoms with Gasteiger partial charge >= 0.3 is 0 Å². The van der Waals surface area contributed by atoms with Crippen LogP contribution in [0.1, 0.15) is 36.9 Å². The molecule has 0 aromatic heterocycles. The van der Waals surface area contributed by atoms with Gasteiger partial charge in [-0.2, -0.15) is 0 Å². The minimum atomic E-state index is -2.86.